The monoisotopic (exact) mass is 345 g/mol. The third kappa shape index (κ3) is 4.36. The lowest BCUT2D eigenvalue weighted by atomic mass is 10.0. The first-order valence-corrected chi connectivity index (χ1v) is 8.31. The Morgan fingerprint density at radius 3 is 2.12 bits per heavy atom. The molecule has 4 nitrogen and oxygen atoms in total. The molecule has 0 heterocycles. The lowest BCUT2D eigenvalue weighted by Gasteiger charge is -2.11. The Morgan fingerprint density at radius 1 is 0.808 bits per heavy atom. The van der Waals surface area contributed by atoms with E-state index in [0.717, 1.165) is 11.1 Å². The van der Waals surface area contributed by atoms with Gasteiger partial charge in [0, 0.05) is 12.5 Å². The van der Waals surface area contributed by atoms with E-state index >= 15 is 0 Å². The molecule has 3 aromatic carbocycles. The summed E-state index contributed by atoms with van der Waals surface area (Å²) in [6.45, 7) is 1.33. The quantitative estimate of drug-likeness (QED) is 0.666. The van der Waals surface area contributed by atoms with Crippen LogP contribution in [0, 0.1) is 0 Å². The fourth-order valence-electron chi connectivity index (χ4n) is 2.59. The zero-order valence-electron chi connectivity index (χ0n) is 14.4. The van der Waals surface area contributed by atoms with E-state index in [0.29, 0.717) is 17.0 Å². The highest BCUT2D eigenvalue weighted by Gasteiger charge is 2.10. The third-order valence-corrected chi connectivity index (χ3v) is 3.87. The van der Waals surface area contributed by atoms with Crippen LogP contribution in [-0.2, 0) is 4.79 Å². The molecule has 3 rings (SSSR count). The molecular weight excluding hydrogens is 326 g/mol. The van der Waals surface area contributed by atoms with E-state index < -0.39 is 0 Å². The largest absolute Gasteiger partial charge is 0.483 e. The maximum Gasteiger partial charge on any atom is 0.221 e. The number of benzene rings is 3. The van der Waals surface area contributed by atoms with Crippen LogP contribution >= 0.6 is 0 Å². The van der Waals surface area contributed by atoms with Gasteiger partial charge in [0.1, 0.15) is 5.75 Å². The van der Waals surface area contributed by atoms with Crippen molar-refractivity contribution in [2.45, 2.75) is 6.92 Å². The van der Waals surface area contributed by atoms with Gasteiger partial charge in [-0.3, -0.25) is 9.59 Å². The molecule has 0 spiro atoms. The molecule has 4 heteroatoms. The minimum absolute atomic E-state index is 0.0960. The number of hydrogen-bond donors (Lipinski definition) is 1. The van der Waals surface area contributed by atoms with Crippen LogP contribution in [0.1, 0.15) is 17.3 Å². The van der Waals surface area contributed by atoms with Gasteiger partial charge >= 0.3 is 0 Å². The molecule has 0 aliphatic heterocycles. The van der Waals surface area contributed by atoms with Crippen LogP contribution in [0.5, 0.6) is 5.75 Å². The highest BCUT2D eigenvalue weighted by Crippen LogP contribution is 2.24. The molecule has 0 atom stereocenters. The van der Waals surface area contributed by atoms with Gasteiger partial charge in [0.25, 0.3) is 0 Å². The number of hydrogen-bond acceptors (Lipinski definition) is 3. The second-order valence-corrected chi connectivity index (χ2v) is 5.83. The normalized spacial score (nSPS) is 10.2. The molecule has 1 N–H and O–H groups in total. The van der Waals surface area contributed by atoms with Crippen molar-refractivity contribution in [2.24, 2.45) is 0 Å². The Labute approximate surface area is 152 Å². The van der Waals surface area contributed by atoms with Gasteiger partial charge in [-0.05, 0) is 23.3 Å². The fraction of sp³-hybridized carbons (Fsp3) is 0.0909. The van der Waals surface area contributed by atoms with E-state index in [9.17, 15) is 9.59 Å². The molecule has 26 heavy (non-hydrogen) atoms. The van der Waals surface area contributed by atoms with Crippen molar-refractivity contribution >= 4 is 17.4 Å². The zero-order valence-corrected chi connectivity index (χ0v) is 14.4. The van der Waals surface area contributed by atoms with Crippen molar-refractivity contribution in [3.63, 3.8) is 0 Å². The number of ether oxygens (including phenoxy) is 1. The summed E-state index contributed by atoms with van der Waals surface area (Å²) in [5.41, 5.74) is 3.29. The summed E-state index contributed by atoms with van der Waals surface area (Å²) in [4.78, 5) is 23.6. The second kappa shape index (κ2) is 8.12. The molecule has 0 aliphatic rings. The van der Waals surface area contributed by atoms with E-state index in [1.807, 2.05) is 42.5 Å². The Kier molecular flexibility index (Phi) is 5.44. The molecule has 130 valence electrons. The Morgan fingerprint density at radius 2 is 1.42 bits per heavy atom. The summed E-state index contributed by atoms with van der Waals surface area (Å²) >= 11 is 0. The maximum atomic E-state index is 12.4. The van der Waals surface area contributed by atoms with Gasteiger partial charge in [0.05, 0.1) is 5.69 Å². The van der Waals surface area contributed by atoms with E-state index in [1.54, 1.807) is 36.4 Å². The number of carbonyl (C=O) groups is 2. The molecule has 3 aromatic rings. The van der Waals surface area contributed by atoms with Crippen molar-refractivity contribution in [3.8, 4) is 16.9 Å². The van der Waals surface area contributed by atoms with Crippen LogP contribution in [0.2, 0.25) is 0 Å². The van der Waals surface area contributed by atoms with Gasteiger partial charge in [-0.25, -0.2) is 0 Å². The van der Waals surface area contributed by atoms with E-state index in [2.05, 4.69) is 5.32 Å². The Hall–Kier alpha value is -3.40. The van der Waals surface area contributed by atoms with E-state index in [4.69, 9.17) is 4.74 Å². The first-order chi connectivity index (χ1) is 12.6. The highest BCUT2D eigenvalue weighted by molar-refractivity contribution is 5.98. The van der Waals surface area contributed by atoms with Gasteiger partial charge in [-0.1, -0.05) is 66.7 Å². The molecule has 0 fully saturated rings. The van der Waals surface area contributed by atoms with Gasteiger partial charge in [-0.2, -0.15) is 0 Å². The molecule has 0 aromatic heterocycles. The fourth-order valence-corrected chi connectivity index (χ4v) is 2.59. The topological polar surface area (TPSA) is 55.4 Å². The summed E-state index contributed by atoms with van der Waals surface area (Å²) in [7, 11) is 0. The SMILES string of the molecule is CC(=O)Nc1ccccc1OCC(=O)c1ccc(-c2ccccc2)cc1. The predicted octanol–water partition coefficient (Wildman–Crippen LogP) is 4.57. The molecule has 0 unspecified atom stereocenters. The van der Waals surface area contributed by atoms with Crippen LogP contribution in [0.15, 0.2) is 78.9 Å². The molecule has 0 radical (unpaired) electrons. The lowest BCUT2D eigenvalue weighted by Crippen LogP contribution is -2.13. The molecule has 0 bridgehead atoms. The van der Waals surface area contributed by atoms with Crippen molar-refractivity contribution in [2.75, 3.05) is 11.9 Å². The first-order valence-electron chi connectivity index (χ1n) is 8.31. The second-order valence-electron chi connectivity index (χ2n) is 5.83. The predicted molar refractivity (Wildman–Crippen MR) is 102 cm³/mol. The number of nitrogens with one attached hydrogen (secondary N) is 1. The summed E-state index contributed by atoms with van der Waals surface area (Å²) < 4.78 is 5.60. The summed E-state index contributed by atoms with van der Waals surface area (Å²) in [6.07, 6.45) is 0. The van der Waals surface area contributed by atoms with Crippen LogP contribution in [-0.4, -0.2) is 18.3 Å². The van der Waals surface area contributed by atoms with Crippen LogP contribution in [0.3, 0.4) is 0 Å². The average molecular weight is 345 g/mol. The molecule has 0 saturated carbocycles. The number of ketones is 1. The third-order valence-electron chi connectivity index (χ3n) is 3.87. The van der Waals surface area contributed by atoms with Gasteiger partial charge < -0.3 is 10.1 Å². The van der Waals surface area contributed by atoms with E-state index in [1.165, 1.54) is 6.92 Å². The van der Waals surface area contributed by atoms with Crippen molar-refractivity contribution < 1.29 is 14.3 Å². The summed E-state index contributed by atoms with van der Waals surface area (Å²) in [5, 5.41) is 2.69. The van der Waals surface area contributed by atoms with Gasteiger partial charge in [-0.15, -0.1) is 0 Å². The van der Waals surface area contributed by atoms with Crippen molar-refractivity contribution in [1.29, 1.82) is 0 Å². The molecule has 0 saturated heterocycles. The van der Waals surface area contributed by atoms with Crippen LogP contribution < -0.4 is 10.1 Å². The molecular formula is C22H19NO3. The maximum absolute atomic E-state index is 12.4. The Balaban J connectivity index is 1.67. The van der Waals surface area contributed by atoms with Crippen molar-refractivity contribution in [1.82, 2.24) is 0 Å². The van der Waals surface area contributed by atoms with Crippen LogP contribution in [0.25, 0.3) is 11.1 Å². The minimum Gasteiger partial charge on any atom is -0.483 e. The number of anilines is 1. The first kappa shape index (κ1) is 17.4. The Bertz CT molecular complexity index is 902. The number of amides is 1. The standard InChI is InChI=1S/C22H19NO3/c1-16(24)23-20-9-5-6-10-22(20)26-15-21(25)19-13-11-18(12-14-19)17-7-3-2-4-8-17/h2-14H,15H2,1H3,(H,23,24). The highest BCUT2D eigenvalue weighted by atomic mass is 16.5. The lowest BCUT2D eigenvalue weighted by molar-refractivity contribution is -0.114. The minimum atomic E-state index is -0.191. The average Bonchev–Trinajstić information content (AvgIpc) is 2.67. The smallest absolute Gasteiger partial charge is 0.221 e. The number of Topliss-reactive ketones (excluding diaryl/α,β-unsaturated/α-hetero) is 1. The van der Waals surface area contributed by atoms with Crippen molar-refractivity contribution in [3.05, 3.63) is 84.4 Å². The van der Waals surface area contributed by atoms with E-state index in [-0.39, 0.29) is 18.3 Å². The number of para-hydroxylation sites is 2. The summed E-state index contributed by atoms with van der Waals surface area (Å²) in [6, 6.07) is 24.5. The van der Waals surface area contributed by atoms with Crippen LogP contribution in [0.4, 0.5) is 5.69 Å². The van der Waals surface area contributed by atoms with Gasteiger partial charge in [0.15, 0.2) is 12.4 Å². The molecule has 0 aliphatic carbocycles. The van der Waals surface area contributed by atoms with Gasteiger partial charge in [0.2, 0.25) is 5.91 Å². The summed E-state index contributed by atoms with van der Waals surface area (Å²) in [5.74, 6) is 0.156. The zero-order chi connectivity index (χ0) is 18.4. The molecule has 1 amide bonds. The number of rotatable bonds is 6. The number of carbonyl (C=O) groups excluding carboxylic acids is 2.